The van der Waals surface area contributed by atoms with Crippen LogP contribution in [0.5, 0.6) is 0 Å². The van der Waals surface area contributed by atoms with Gasteiger partial charge in [0.05, 0.1) is 18.9 Å². The Balaban J connectivity index is 2.15. The molecule has 1 atom stereocenters. The van der Waals surface area contributed by atoms with Crippen molar-refractivity contribution in [2.24, 2.45) is 10.8 Å². The largest absolute Gasteiger partial charge is 0.378 e. The van der Waals surface area contributed by atoms with Crippen molar-refractivity contribution in [3.63, 3.8) is 0 Å². The van der Waals surface area contributed by atoms with Gasteiger partial charge in [0, 0.05) is 23.0 Å². The highest BCUT2D eigenvalue weighted by atomic mass is 35.5. The van der Waals surface area contributed by atoms with E-state index in [9.17, 15) is 15.6 Å². The van der Waals surface area contributed by atoms with Crippen LogP contribution < -0.4 is 10.6 Å². The second-order valence-electron chi connectivity index (χ2n) is 6.50. The van der Waals surface area contributed by atoms with Crippen LogP contribution in [0.4, 0.5) is 5.13 Å². The minimum atomic E-state index is -1.85. The molecule has 1 aliphatic rings. The molecule has 0 radical (unpaired) electrons. The second-order valence-corrected chi connectivity index (χ2v) is 7.88. The minimum Gasteiger partial charge on any atom is -0.378 e. The molecule has 29 heavy (non-hydrogen) atoms. The fraction of sp³-hybridized carbons (Fsp3) is 0.389. The van der Waals surface area contributed by atoms with Crippen LogP contribution in [-0.2, 0) is 21.5 Å². The summed E-state index contributed by atoms with van der Waals surface area (Å²) in [5, 5.41) is 14.5. The number of rotatable bonds is 6. The minimum absolute atomic E-state index is 0.0558. The van der Waals surface area contributed by atoms with Gasteiger partial charge in [-0.1, -0.05) is 40.2 Å². The number of hydrogen-bond acceptors (Lipinski definition) is 7. The number of ether oxygens (including phenoxy) is 1. The number of amides is 1. The number of aromatic nitrogens is 1. The summed E-state index contributed by atoms with van der Waals surface area (Å²) in [5.74, 6) is -0.884. The number of primary amides is 1. The molecule has 2 aromatic rings. The first kappa shape index (κ1) is 20.9. The SMILES string of the molecule is Cc1c(Cl)cccc1CC(N=[N+]=[N-])(C(N)=O)c1nc(N2CCOCC2)sc1C#N. The van der Waals surface area contributed by atoms with Crippen LogP contribution in [-0.4, -0.2) is 37.2 Å². The van der Waals surface area contributed by atoms with Gasteiger partial charge in [0.2, 0.25) is 5.91 Å². The van der Waals surface area contributed by atoms with E-state index in [2.05, 4.69) is 21.1 Å². The summed E-state index contributed by atoms with van der Waals surface area (Å²) in [6.45, 7) is 4.09. The number of thiazole rings is 1. The van der Waals surface area contributed by atoms with Crippen LogP contribution in [0, 0.1) is 18.3 Å². The summed E-state index contributed by atoms with van der Waals surface area (Å²) in [6, 6.07) is 7.29. The number of nitrogens with two attached hydrogens (primary N) is 1. The molecule has 1 aliphatic heterocycles. The molecule has 3 rings (SSSR count). The van der Waals surface area contributed by atoms with E-state index in [1.807, 2.05) is 4.90 Å². The number of hydrogen-bond donors (Lipinski definition) is 1. The third-order valence-electron chi connectivity index (χ3n) is 4.84. The highest BCUT2D eigenvalue weighted by Crippen LogP contribution is 2.38. The first-order valence-corrected chi connectivity index (χ1v) is 9.96. The van der Waals surface area contributed by atoms with Crippen molar-refractivity contribution in [2.75, 3.05) is 31.2 Å². The number of carbonyl (C=O) groups is 1. The predicted molar refractivity (Wildman–Crippen MR) is 110 cm³/mol. The quantitative estimate of drug-likeness (QED) is 0.425. The van der Waals surface area contributed by atoms with E-state index in [0.29, 0.717) is 42.0 Å². The molecule has 1 unspecified atom stereocenters. The Labute approximate surface area is 176 Å². The maximum absolute atomic E-state index is 12.6. The molecular formula is C18H18ClN7O2S. The molecule has 0 bridgehead atoms. The molecular weight excluding hydrogens is 414 g/mol. The molecule has 0 aliphatic carbocycles. The van der Waals surface area contributed by atoms with Crippen molar-refractivity contribution in [2.45, 2.75) is 18.9 Å². The topological polar surface area (TPSA) is 141 Å². The lowest BCUT2D eigenvalue weighted by Crippen LogP contribution is -2.42. The molecule has 1 saturated heterocycles. The summed E-state index contributed by atoms with van der Waals surface area (Å²) >= 11 is 7.34. The van der Waals surface area contributed by atoms with Crippen LogP contribution in [0.25, 0.3) is 10.4 Å². The third-order valence-corrected chi connectivity index (χ3v) is 6.27. The number of morpholine rings is 1. The molecule has 1 fully saturated rings. The van der Waals surface area contributed by atoms with Crippen LogP contribution in [0.3, 0.4) is 0 Å². The number of benzene rings is 1. The van der Waals surface area contributed by atoms with Crippen LogP contribution in [0.15, 0.2) is 23.3 Å². The molecule has 2 heterocycles. The average Bonchev–Trinajstić information content (AvgIpc) is 3.16. The Morgan fingerprint density at radius 3 is 2.90 bits per heavy atom. The van der Waals surface area contributed by atoms with Gasteiger partial charge >= 0.3 is 0 Å². The molecule has 1 amide bonds. The number of halogens is 1. The van der Waals surface area contributed by atoms with Gasteiger partial charge in [0.15, 0.2) is 10.7 Å². The summed E-state index contributed by atoms with van der Waals surface area (Å²) in [6.07, 6.45) is -0.0558. The Morgan fingerprint density at radius 2 is 2.28 bits per heavy atom. The van der Waals surface area contributed by atoms with Crippen molar-refractivity contribution in [1.82, 2.24) is 4.98 Å². The van der Waals surface area contributed by atoms with Gasteiger partial charge in [-0.15, -0.1) is 0 Å². The molecule has 1 aromatic carbocycles. The number of nitriles is 1. The van der Waals surface area contributed by atoms with Crippen LogP contribution >= 0.6 is 22.9 Å². The summed E-state index contributed by atoms with van der Waals surface area (Å²) in [7, 11) is 0. The van der Waals surface area contributed by atoms with Gasteiger partial charge in [-0.3, -0.25) is 4.79 Å². The Kier molecular flexibility index (Phi) is 6.25. The van der Waals surface area contributed by atoms with Gasteiger partial charge < -0.3 is 15.4 Å². The number of anilines is 1. The average molecular weight is 432 g/mol. The van der Waals surface area contributed by atoms with Gasteiger partial charge in [-0.25, -0.2) is 4.98 Å². The normalized spacial score (nSPS) is 15.8. The number of nitrogens with zero attached hydrogens (tertiary/aromatic N) is 6. The van der Waals surface area contributed by atoms with Gasteiger partial charge in [0.1, 0.15) is 10.9 Å². The first-order chi connectivity index (χ1) is 13.9. The van der Waals surface area contributed by atoms with Crippen molar-refractivity contribution >= 4 is 34.0 Å². The molecule has 9 nitrogen and oxygen atoms in total. The van der Waals surface area contributed by atoms with Gasteiger partial charge in [-0.2, -0.15) is 5.26 Å². The van der Waals surface area contributed by atoms with Crippen LogP contribution in [0.1, 0.15) is 21.7 Å². The van der Waals surface area contributed by atoms with E-state index in [4.69, 9.17) is 22.1 Å². The van der Waals surface area contributed by atoms with E-state index < -0.39 is 11.4 Å². The zero-order chi connectivity index (χ0) is 21.0. The lowest BCUT2D eigenvalue weighted by atomic mass is 9.85. The monoisotopic (exact) mass is 431 g/mol. The predicted octanol–water partition coefficient (Wildman–Crippen LogP) is 3.05. The van der Waals surface area contributed by atoms with E-state index in [1.165, 1.54) is 0 Å². The van der Waals surface area contributed by atoms with Gasteiger partial charge in [0.25, 0.3) is 0 Å². The molecule has 0 spiro atoms. The van der Waals surface area contributed by atoms with E-state index in [-0.39, 0.29) is 17.0 Å². The molecule has 1 aromatic heterocycles. The zero-order valence-electron chi connectivity index (χ0n) is 15.6. The molecule has 2 N–H and O–H groups in total. The smallest absolute Gasteiger partial charge is 0.236 e. The fourth-order valence-corrected chi connectivity index (χ4v) is 4.35. The summed E-state index contributed by atoms with van der Waals surface area (Å²) in [5.41, 5.74) is 14.6. The number of carbonyl (C=O) groups excluding carboxylic acids is 1. The standard InChI is InChI=1S/C18H18ClN7O2S/c1-11-12(3-2-4-13(11)19)9-18(16(21)27,24-25-22)15-14(10-20)29-17(23-15)26-5-7-28-8-6-26/h2-4H,5-9H2,1H3,(H2,21,27). The van der Waals surface area contributed by atoms with E-state index >= 15 is 0 Å². The fourth-order valence-electron chi connectivity index (χ4n) is 3.17. The highest BCUT2D eigenvalue weighted by Gasteiger charge is 2.44. The first-order valence-electron chi connectivity index (χ1n) is 8.77. The third kappa shape index (κ3) is 3.99. The zero-order valence-corrected chi connectivity index (χ0v) is 17.2. The summed E-state index contributed by atoms with van der Waals surface area (Å²) in [4.78, 5) is 22.2. The van der Waals surface area contributed by atoms with Gasteiger partial charge in [-0.05, 0) is 36.1 Å². The maximum atomic E-state index is 12.6. The van der Waals surface area contributed by atoms with Crippen molar-refractivity contribution in [1.29, 1.82) is 5.26 Å². The Hall–Kier alpha value is -2.83. The molecule has 0 saturated carbocycles. The Bertz CT molecular complexity index is 1020. The van der Waals surface area contributed by atoms with Crippen LogP contribution in [0.2, 0.25) is 5.02 Å². The van der Waals surface area contributed by atoms with E-state index in [1.54, 1.807) is 25.1 Å². The van der Waals surface area contributed by atoms with Crippen molar-refractivity contribution < 1.29 is 9.53 Å². The lowest BCUT2D eigenvalue weighted by molar-refractivity contribution is -0.123. The highest BCUT2D eigenvalue weighted by molar-refractivity contribution is 7.16. The van der Waals surface area contributed by atoms with Crippen molar-refractivity contribution in [3.05, 3.63) is 55.4 Å². The molecule has 150 valence electrons. The molecule has 11 heteroatoms. The Morgan fingerprint density at radius 1 is 1.55 bits per heavy atom. The van der Waals surface area contributed by atoms with E-state index in [0.717, 1.165) is 16.9 Å². The maximum Gasteiger partial charge on any atom is 0.236 e. The second kappa shape index (κ2) is 8.68. The van der Waals surface area contributed by atoms with Crippen molar-refractivity contribution in [3.8, 4) is 6.07 Å². The summed E-state index contributed by atoms with van der Waals surface area (Å²) < 4.78 is 5.35. The lowest BCUT2D eigenvalue weighted by Gasteiger charge is -2.27. The number of azide groups is 1.